The Balaban J connectivity index is 1.08. The molecule has 2 saturated heterocycles. The third kappa shape index (κ3) is 3.87. The lowest BCUT2D eigenvalue weighted by Gasteiger charge is -2.23. The molecule has 2 aliphatic heterocycles. The monoisotopic (exact) mass is 354 g/mol. The molecule has 0 amide bonds. The molecule has 0 aromatic heterocycles. The van der Waals surface area contributed by atoms with Crippen molar-refractivity contribution in [2.45, 2.75) is 81.9 Å². The van der Waals surface area contributed by atoms with Crippen molar-refractivity contribution < 1.29 is 28.8 Å². The number of aliphatic hydroxyl groups excluding tert-OH is 1. The molecule has 6 nitrogen and oxygen atoms in total. The maximum absolute atomic E-state index is 12.1. The Morgan fingerprint density at radius 2 is 1.80 bits per heavy atom. The third-order valence-electron chi connectivity index (χ3n) is 6.57. The summed E-state index contributed by atoms with van der Waals surface area (Å²) in [6.07, 6.45) is 5.56. The van der Waals surface area contributed by atoms with Crippen LogP contribution >= 0.6 is 0 Å². The maximum Gasteiger partial charge on any atom is 0.309 e. The number of rotatable bonds is 7. The fourth-order valence-corrected chi connectivity index (χ4v) is 4.45. The lowest BCUT2D eigenvalue weighted by molar-refractivity contribution is -0.153. The van der Waals surface area contributed by atoms with Crippen molar-refractivity contribution in [1.29, 1.82) is 0 Å². The predicted octanol–water partition coefficient (Wildman–Crippen LogP) is 1.82. The highest BCUT2D eigenvalue weighted by Gasteiger charge is 2.56. The van der Waals surface area contributed by atoms with Crippen LogP contribution < -0.4 is 0 Å². The molecule has 0 bridgehead atoms. The zero-order valence-corrected chi connectivity index (χ0v) is 15.2. The molecule has 25 heavy (non-hydrogen) atoms. The third-order valence-corrected chi connectivity index (χ3v) is 6.57. The van der Waals surface area contributed by atoms with Crippen molar-refractivity contribution in [3.63, 3.8) is 0 Å². The van der Waals surface area contributed by atoms with Gasteiger partial charge in [-0.1, -0.05) is 0 Å². The van der Waals surface area contributed by atoms with E-state index < -0.39 is 6.10 Å². The van der Waals surface area contributed by atoms with Crippen LogP contribution in [0.2, 0.25) is 0 Å². The second-order valence-electron chi connectivity index (χ2n) is 8.77. The molecule has 4 rings (SSSR count). The summed E-state index contributed by atoms with van der Waals surface area (Å²) in [5.74, 6) is 0.197. The van der Waals surface area contributed by atoms with Gasteiger partial charge >= 0.3 is 5.97 Å². The molecule has 1 N–H and O–H groups in total. The molecule has 4 aliphatic rings. The predicted molar refractivity (Wildman–Crippen MR) is 89.0 cm³/mol. The average Bonchev–Trinajstić information content (AvgIpc) is 3.44. The summed E-state index contributed by atoms with van der Waals surface area (Å²) in [5.41, 5.74) is 0.137. The second-order valence-corrected chi connectivity index (χ2v) is 8.77. The number of hydrogen-bond acceptors (Lipinski definition) is 6. The molecule has 0 aromatic rings. The van der Waals surface area contributed by atoms with Gasteiger partial charge in [-0.2, -0.15) is 0 Å². The zero-order valence-electron chi connectivity index (χ0n) is 15.2. The van der Waals surface area contributed by atoms with Crippen LogP contribution in [0.15, 0.2) is 0 Å². The summed E-state index contributed by atoms with van der Waals surface area (Å²) in [7, 11) is 0. The summed E-state index contributed by atoms with van der Waals surface area (Å²) < 4.78 is 22.2. The van der Waals surface area contributed by atoms with E-state index in [1.807, 2.05) is 0 Å². The van der Waals surface area contributed by atoms with Gasteiger partial charge in [0.1, 0.15) is 12.7 Å². The average molecular weight is 354 g/mol. The molecule has 4 fully saturated rings. The van der Waals surface area contributed by atoms with Crippen LogP contribution in [-0.2, 0) is 23.7 Å². The number of epoxide rings is 2. The molecule has 2 saturated carbocycles. The fourth-order valence-electron chi connectivity index (χ4n) is 4.45. The molecule has 7 atom stereocenters. The molecular formula is C19H30O6. The first-order valence-corrected chi connectivity index (χ1v) is 9.66. The number of hydrogen-bond donors (Lipinski definition) is 1. The molecule has 6 heteroatoms. The molecule has 2 aliphatic carbocycles. The SMILES string of the molecule is CC12CCC(COCC(O)COC(=O)C3CCC4(C)OC4C3)CC1O2. The van der Waals surface area contributed by atoms with E-state index in [-0.39, 0.29) is 42.4 Å². The Hall–Kier alpha value is -0.690. The lowest BCUT2D eigenvalue weighted by atomic mass is 9.83. The highest BCUT2D eigenvalue weighted by atomic mass is 16.6. The molecule has 0 spiro atoms. The Morgan fingerprint density at radius 3 is 2.48 bits per heavy atom. The van der Waals surface area contributed by atoms with Crippen molar-refractivity contribution in [2.24, 2.45) is 11.8 Å². The molecule has 7 unspecified atom stereocenters. The number of fused-ring (bicyclic) bond motifs is 2. The van der Waals surface area contributed by atoms with Gasteiger partial charge in [0.25, 0.3) is 0 Å². The van der Waals surface area contributed by atoms with Crippen LogP contribution in [0.1, 0.15) is 52.4 Å². The van der Waals surface area contributed by atoms with Gasteiger partial charge in [-0.25, -0.2) is 0 Å². The van der Waals surface area contributed by atoms with Gasteiger partial charge in [-0.3, -0.25) is 4.79 Å². The van der Waals surface area contributed by atoms with E-state index in [2.05, 4.69) is 13.8 Å². The van der Waals surface area contributed by atoms with E-state index in [0.29, 0.717) is 18.6 Å². The zero-order chi connectivity index (χ0) is 17.7. The largest absolute Gasteiger partial charge is 0.463 e. The van der Waals surface area contributed by atoms with Gasteiger partial charge in [0.05, 0.1) is 35.9 Å². The van der Waals surface area contributed by atoms with Crippen molar-refractivity contribution >= 4 is 5.97 Å². The number of ether oxygens (including phenoxy) is 4. The topological polar surface area (TPSA) is 80.8 Å². The quantitative estimate of drug-likeness (QED) is 0.555. The van der Waals surface area contributed by atoms with E-state index >= 15 is 0 Å². The minimum Gasteiger partial charge on any atom is -0.463 e. The highest BCUT2D eigenvalue weighted by molar-refractivity contribution is 5.72. The van der Waals surface area contributed by atoms with Crippen LogP contribution in [0.5, 0.6) is 0 Å². The van der Waals surface area contributed by atoms with Crippen molar-refractivity contribution in [1.82, 2.24) is 0 Å². The molecule has 0 aromatic carbocycles. The van der Waals surface area contributed by atoms with Crippen LogP contribution in [0, 0.1) is 11.8 Å². The smallest absolute Gasteiger partial charge is 0.309 e. The van der Waals surface area contributed by atoms with Gasteiger partial charge in [0.15, 0.2) is 0 Å². The first-order chi connectivity index (χ1) is 11.9. The minimum absolute atomic E-state index is 0.00615. The van der Waals surface area contributed by atoms with E-state index in [1.54, 1.807) is 0 Å². The molecular weight excluding hydrogens is 324 g/mol. The Bertz CT molecular complexity index is 524. The van der Waals surface area contributed by atoms with Gasteiger partial charge in [0, 0.05) is 6.61 Å². The first-order valence-electron chi connectivity index (χ1n) is 9.66. The Labute approximate surface area is 149 Å². The molecule has 0 radical (unpaired) electrons. The highest BCUT2D eigenvalue weighted by Crippen LogP contribution is 2.50. The first kappa shape index (κ1) is 17.7. The van der Waals surface area contributed by atoms with E-state index in [4.69, 9.17) is 18.9 Å². The van der Waals surface area contributed by atoms with Gasteiger partial charge < -0.3 is 24.1 Å². The van der Waals surface area contributed by atoms with Crippen molar-refractivity contribution in [3.8, 4) is 0 Å². The normalized spacial score (nSPS) is 45.9. The second kappa shape index (κ2) is 6.48. The number of carbonyl (C=O) groups excluding carboxylic acids is 1. The van der Waals surface area contributed by atoms with E-state index in [9.17, 15) is 9.90 Å². The number of esters is 1. The number of aliphatic hydroxyl groups is 1. The van der Waals surface area contributed by atoms with Crippen LogP contribution in [0.4, 0.5) is 0 Å². The van der Waals surface area contributed by atoms with E-state index in [0.717, 1.165) is 38.5 Å². The Kier molecular flexibility index (Phi) is 4.59. The molecule has 142 valence electrons. The maximum atomic E-state index is 12.1. The number of carbonyl (C=O) groups is 1. The Morgan fingerprint density at radius 1 is 1.12 bits per heavy atom. The van der Waals surface area contributed by atoms with Crippen LogP contribution in [-0.4, -0.2) is 60.4 Å². The van der Waals surface area contributed by atoms with Crippen LogP contribution in [0.25, 0.3) is 0 Å². The van der Waals surface area contributed by atoms with Gasteiger partial charge in [-0.05, 0) is 58.3 Å². The lowest BCUT2D eigenvalue weighted by Crippen LogP contribution is -2.31. The molecule has 2 heterocycles. The van der Waals surface area contributed by atoms with Crippen LogP contribution in [0.3, 0.4) is 0 Å². The summed E-state index contributed by atoms with van der Waals surface area (Å²) in [6, 6.07) is 0. The van der Waals surface area contributed by atoms with E-state index in [1.165, 1.54) is 0 Å². The minimum atomic E-state index is -0.763. The summed E-state index contributed by atoms with van der Waals surface area (Å²) in [5, 5.41) is 9.98. The summed E-state index contributed by atoms with van der Waals surface area (Å²) >= 11 is 0. The summed E-state index contributed by atoms with van der Waals surface area (Å²) in [4.78, 5) is 12.1. The van der Waals surface area contributed by atoms with Gasteiger partial charge in [-0.15, -0.1) is 0 Å². The standard InChI is InChI=1S/C19H30O6/c1-18-5-3-12(7-15(18)24-18)9-22-10-14(20)11-23-17(21)13-4-6-19(2)16(8-13)25-19/h12-16,20H,3-11H2,1-2H3. The van der Waals surface area contributed by atoms with Crippen molar-refractivity contribution in [3.05, 3.63) is 0 Å². The summed E-state index contributed by atoms with van der Waals surface area (Å²) in [6.45, 7) is 5.13. The fraction of sp³-hybridized carbons (Fsp3) is 0.947. The van der Waals surface area contributed by atoms with Crippen molar-refractivity contribution in [2.75, 3.05) is 19.8 Å². The van der Waals surface area contributed by atoms with Gasteiger partial charge in [0.2, 0.25) is 0 Å².